The molecule has 0 aliphatic heterocycles. The zero-order valence-corrected chi connectivity index (χ0v) is 17.9. The van der Waals surface area contributed by atoms with Gasteiger partial charge in [0.05, 0.1) is 24.3 Å². The number of carbonyl (C=O) groups excluding carboxylic acids is 2. The van der Waals surface area contributed by atoms with Crippen molar-refractivity contribution in [2.75, 3.05) is 12.4 Å². The van der Waals surface area contributed by atoms with Gasteiger partial charge in [0.15, 0.2) is 5.13 Å². The van der Waals surface area contributed by atoms with E-state index in [1.807, 2.05) is 5.32 Å². The first kappa shape index (κ1) is 24.8. The average molecular weight is 471 g/mol. The number of hydrogen-bond acceptors (Lipinski definition) is 6. The number of hydrogen-bond donors (Lipinski definition) is 3. The molecule has 3 amide bonds. The Morgan fingerprint density at radius 2 is 1.88 bits per heavy atom. The first-order valence-electron chi connectivity index (χ1n) is 9.15. The van der Waals surface area contributed by atoms with Crippen LogP contribution in [0.5, 0.6) is 0 Å². The maximum absolute atomic E-state index is 12.7. The highest BCUT2D eigenvalue weighted by molar-refractivity contribution is 7.15. The molecule has 0 saturated carbocycles. The molecule has 0 fully saturated rings. The van der Waals surface area contributed by atoms with E-state index in [0.717, 1.165) is 30.3 Å². The number of halogens is 3. The summed E-state index contributed by atoms with van der Waals surface area (Å²) in [6.45, 7) is 0.991. The molecule has 2 aromatic rings. The van der Waals surface area contributed by atoms with Crippen molar-refractivity contribution in [1.29, 1.82) is 0 Å². The predicted molar refractivity (Wildman–Crippen MR) is 112 cm³/mol. The molecule has 172 valence electrons. The number of thiazole rings is 1. The molecule has 0 bridgehead atoms. The second kappa shape index (κ2) is 10.7. The van der Waals surface area contributed by atoms with E-state index >= 15 is 0 Å². The maximum Gasteiger partial charge on any atom is 0.471 e. The molecule has 32 heavy (non-hydrogen) atoms. The molecule has 0 saturated heterocycles. The lowest BCUT2D eigenvalue weighted by Crippen LogP contribution is -2.37. The number of nitrogens with zero attached hydrogens (tertiary/aromatic N) is 3. The van der Waals surface area contributed by atoms with Gasteiger partial charge in [-0.1, -0.05) is 23.5 Å². The van der Waals surface area contributed by atoms with Gasteiger partial charge in [0.1, 0.15) is 0 Å². The van der Waals surface area contributed by atoms with Crippen molar-refractivity contribution in [2.45, 2.75) is 32.5 Å². The normalized spacial score (nSPS) is 11.4. The van der Waals surface area contributed by atoms with Gasteiger partial charge in [-0.2, -0.15) is 13.2 Å². The number of nitrogens with one attached hydrogen (secondary N) is 2. The Balaban J connectivity index is 2.11. The van der Waals surface area contributed by atoms with Crippen molar-refractivity contribution in [3.8, 4) is 0 Å². The highest BCUT2D eigenvalue weighted by Crippen LogP contribution is 2.27. The standard InChI is InChI=1S/C19H20F3N5O4S/c1-11(28)25-17-26-14(15(32-17)9-27(2)16(29)19(20,21)22)8-5-12-3-6-13(7-4-12)23-10-24-18(30)31/h3-4,6-7,10H,5,8-9H2,1-2H3,(H,23,24)(H,30,31)(H,25,26,28). The third-order valence-corrected chi connectivity index (χ3v) is 5.02. The van der Waals surface area contributed by atoms with E-state index in [2.05, 4.69) is 15.3 Å². The van der Waals surface area contributed by atoms with E-state index < -0.39 is 18.2 Å². The Bertz CT molecular complexity index is 1010. The summed E-state index contributed by atoms with van der Waals surface area (Å²) in [5.41, 5.74) is 1.89. The lowest BCUT2D eigenvalue weighted by Gasteiger charge is -2.18. The SMILES string of the molecule is CC(=O)Nc1nc(CCc2ccc(N=CNC(=O)O)cc2)c(CN(C)C(=O)C(F)(F)F)s1. The van der Waals surface area contributed by atoms with Gasteiger partial charge in [-0.3, -0.25) is 14.9 Å². The van der Waals surface area contributed by atoms with Crippen LogP contribution in [-0.4, -0.2) is 52.5 Å². The van der Waals surface area contributed by atoms with Crippen LogP contribution in [0.4, 0.5) is 28.8 Å². The monoisotopic (exact) mass is 471 g/mol. The number of benzene rings is 1. The van der Waals surface area contributed by atoms with Crippen LogP contribution in [0.15, 0.2) is 29.3 Å². The predicted octanol–water partition coefficient (Wildman–Crippen LogP) is 3.33. The molecule has 0 aliphatic rings. The molecule has 0 spiro atoms. The lowest BCUT2D eigenvalue weighted by atomic mass is 10.1. The molecule has 13 heteroatoms. The minimum Gasteiger partial charge on any atom is -0.465 e. The van der Waals surface area contributed by atoms with Crippen LogP contribution in [0.25, 0.3) is 0 Å². The van der Waals surface area contributed by atoms with Crippen molar-refractivity contribution in [1.82, 2.24) is 15.2 Å². The van der Waals surface area contributed by atoms with E-state index in [1.165, 1.54) is 6.92 Å². The van der Waals surface area contributed by atoms with E-state index in [-0.39, 0.29) is 17.6 Å². The van der Waals surface area contributed by atoms with Crippen LogP contribution in [-0.2, 0) is 29.0 Å². The van der Waals surface area contributed by atoms with E-state index in [9.17, 15) is 27.6 Å². The summed E-state index contributed by atoms with van der Waals surface area (Å²) in [4.78, 5) is 42.4. The molecule has 0 aliphatic carbocycles. The summed E-state index contributed by atoms with van der Waals surface area (Å²) >= 11 is 1.01. The second-order valence-electron chi connectivity index (χ2n) is 6.60. The van der Waals surface area contributed by atoms with Crippen LogP contribution in [0.2, 0.25) is 0 Å². The molecular weight excluding hydrogens is 451 g/mol. The van der Waals surface area contributed by atoms with Crippen molar-refractivity contribution in [3.05, 3.63) is 40.4 Å². The molecule has 0 radical (unpaired) electrons. The van der Waals surface area contributed by atoms with E-state index in [0.29, 0.717) is 34.0 Å². The topological polar surface area (TPSA) is 124 Å². The first-order chi connectivity index (χ1) is 15.0. The molecule has 1 aromatic heterocycles. The number of carboxylic acid groups (broad SMARTS) is 1. The Labute approximate surface area is 185 Å². The minimum absolute atomic E-state index is 0.242. The number of aromatic nitrogens is 1. The van der Waals surface area contributed by atoms with Crippen molar-refractivity contribution < 1.29 is 32.7 Å². The largest absolute Gasteiger partial charge is 0.471 e. The highest BCUT2D eigenvalue weighted by atomic mass is 32.1. The average Bonchev–Trinajstić information content (AvgIpc) is 3.05. The Hall–Kier alpha value is -3.48. The zero-order chi connectivity index (χ0) is 23.9. The van der Waals surface area contributed by atoms with Gasteiger partial charge >= 0.3 is 18.2 Å². The van der Waals surface area contributed by atoms with Gasteiger partial charge in [-0.05, 0) is 30.5 Å². The van der Waals surface area contributed by atoms with E-state index in [1.54, 1.807) is 24.3 Å². The number of amides is 3. The number of alkyl halides is 3. The van der Waals surface area contributed by atoms with Gasteiger partial charge in [-0.15, -0.1) is 0 Å². The van der Waals surface area contributed by atoms with Gasteiger partial charge in [0.2, 0.25) is 5.91 Å². The van der Waals surface area contributed by atoms with Crippen LogP contribution >= 0.6 is 11.3 Å². The Kier molecular flexibility index (Phi) is 8.29. The first-order valence-corrected chi connectivity index (χ1v) is 9.96. The zero-order valence-electron chi connectivity index (χ0n) is 17.1. The molecule has 0 unspecified atom stereocenters. The molecule has 3 N–H and O–H groups in total. The van der Waals surface area contributed by atoms with Crippen LogP contribution in [0.1, 0.15) is 23.1 Å². The minimum atomic E-state index is -4.98. The lowest BCUT2D eigenvalue weighted by molar-refractivity contribution is -0.184. The summed E-state index contributed by atoms with van der Waals surface area (Å²) in [7, 11) is 1.05. The molecule has 2 rings (SSSR count). The number of rotatable bonds is 8. The summed E-state index contributed by atoms with van der Waals surface area (Å²) < 4.78 is 38.1. The molecule has 1 aromatic carbocycles. The molecule has 0 atom stereocenters. The van der Waals surface area contributed by atoms with Crippen molar-refractivity contribution in [2.24, 2.45) is 4.99 Å². The number of aryl methyl sites for hydroxylation is 2. The quantitative estimate of drug-likeness (QED) is 0.402. The Morgan fingerprint density at radius 1 is 1.22 bits per heavy atom. The second-order valence-corrected chi connectivity index (χ2v) is 7.69. The van der Waals surface area contributed by atoms with Crippen molar-refractivity contribution in [3.63, 3.8) is 0 Å². The summed E-state index contributed by atoms with van der Waals surface area (Å²) in [6, 6.07) is 6.90. The molecular formula is C19H20F3N5O4S. The van der Waals surface area contributed by atoms with Gasteiger partial charge in [0, 0.05) is 18.8 Å². The third kappa shape index (κ3) is 7.65. The smallest absolute Gasteiger partial charge is 0.465 e. The number of carbonyl (C=O) groups is 3. The van der Waals surface area contributed by atoms with Crippen LogP contribution in [0.3, 0.4) is 0 Å². The Morgan fingerprint density at radius 3 is 2.44 bits per heavy atom. The fourth-order valence-corrected chi connectivity index (χ4v) is 3.69. The maximum atomic E-state index is 12.7. The molecule has 1 heterocycles. The summed E-state index contributed by atoms with van der Waals surface area (Å²) in [5.74, 6) is -2.34. The summed E-state index contributed by atoms with van der Waals surface area (Å²) in [5, 5.41) is 13.3. The van der Waals surface area contributed by atoms with Crippen molar-refractivity contribution >= 4 is 46.4 Å². The van der Waals surface area contributed by atoms with Crippen LogP contribution in [0, 0.1) is 0 Å². The highest BCUT2D eigenvalue weighted by Gasteiger charge is 2.41. The summed E-state index contributed by atoms with van der Waals surface area (Å²) in [6.07, 6.45) is -4.32. The fourth-order valence-electron chi connectivity index (χ4n) is 2.58. The third-order valence-electron chi connectivity index (χ3n) is 4.02. The number of aliphatic imine (C=N–C) groups is 1. The fraction of sp³-hybridized carbons (Fsp3) is 0.316. The number of anilines is 1. The van der Waals surface area contributed by atoms with Gasteiger partial charge < -0.3 is 15.3 Å². The van der Waals surface area contributed by atoms with Crippen LogP contribution < -0.4 is 10.6 Å². The molecule has 9 nitrogen and oxygen atoms in total. The van der Waals surface area contributed by atoms with Gasteiger partial charge in [-0.25, -0.2) is 14.8 Å². The van der Waals surface area contributed by atoms with E-state index in [4.69, 9.17) is 5.11 Å². The van der Waals surface area contributed by atoms with Gasteiger partial charge in [0.25, 0.3) is 0 Å².